The molecule has 0 saturated heterocycles. The molecule has 0 aliphatic carbocycles. The SMILES string of the molecule is Cc1oc(-c2cc(F)c(C)c(F)c2F)nc1COc1ccc(CN(CC(=O)O)S(=O)(=O)N(C)C)cc1. The van der Waals surface area contributed by atoms with Gasteiger partial charge < -0.3 is 14.3 Å². The molecule has 0 aliphatic heterocycles. The average Bonchev–Trinajstić information content (AvgIpc) is 3.18. The third-order valence-corrected chi connectivity index (χ3v) is 7.10. The van der Waals surface area contributed by atoms with Gasteiger partial charge in [0, 0.05) is 26.2 Å². The predicted octanol–water partition coefficient (Wildman–Crippen LogP) is 3.65. The fourth-order valence-electron chi connectivity index (χ4n) is 3.17. The van der Waals surface area contributed by atoms with Crippen molar-refractivity contribution < 1.29 is 40.6 Å². The molecule has 0 atom stereocenters. The van der Waals surface area contributed by atoms with Crippen molar-refractivity contribution in [2.75, 3.05) is 20.6 Å². The summed E-state index contributed by atoms with van der Waals surface area (Å²) < 4.78 is 79.7. The number of aliphatic carboxylic acids is 1. The van der Waals surface area contributed by atoms with Crippen molar-refractivity contribution in [2.24, 2.45) is 0 Å². The van der Waals surface area contributed by atoms with Crippen LogP contribution in [-0.2, 0) is 28.2 Å². The number of halogens is 3. The van der Waals surface area contributed by atoms with E-state index in [1.807, 2.05) is 0 Å². The number of hydrogen-bond acceptors (Lipinski definition) is 6. The van der Waals surface area contributed by atoms with E-state index < -0.39 is 51.3 Å². The van der Waals surface area contributed by atoms with Gasteiger partial charge in [0.15, 0.2) is 11.6 Å². The number of benzene rings is 2. The number of ether oxygens (including phenoxy) is 1. The third kappa shape index (κ3) is 5.86. The first-order chi connectivity index (χ1) is 16.8. The number of oxazole rings is 1. The second-order valence-electron chi connectivity index (χ2n) is 8.07. The minimum Gasteiger partial charge on any atom is -0.487 e. The van der Waals surface area contributed by atoms with Gasteiger partial charge in [-0.25, -0.2) is 18.2 Å². The standard InChI is InChI=1S/C23H24F3N3O6S/c1-13-18(24)9-17(22(26)21(13)25)23-27-19(14(2)35-23)12-34-16-7-5-15(6-8-16)10-29(11-20(30)31)36(32,33)28(3)4/h5-9H,10-12H2,1-4H3,(H,30,31). The highest BCUT2D eigenvalue weighted by Gasteiger charge is 2.27. The summed E-state index contributed by atoms with van der Waals surface area (Å²) in [5, 5.41) is 9.06. The van der Waals surface area contributed by atoms with Crippen molar-refractivity contribution in [2.45, 2.75) is 27.0 Å². The van der Waals surface area contributed by atoms with Gasteiger partial charge in [0.2, 0.25) is 5.89 Å². The lowest BCUT2D eigenvalue weighted by molar-refractivity contribution is -0.137. The minimum absolute atomic E-state index is 0.104. The Hall–Kier alpha value is -3.42. The summed E-state index contributed by atoms with van der Waals surface area (Å²) in [6.07, 6.45) is 0. The lowest BCUT2D eigenvalue weighted by Crippen LogP contribution is -2.42. The number of aryl methyl sites for hydroxylation is 1. The highest BCUT2D eigenvalue weighted by atomic mass is 32.2. The van der Waals surface area contributed by atoms with Crippen LogP contribution in [-0.4, -0.2) is 53.7 Å². The maximum atomic E-state index is 14.3. The Labute approximate surface area is 205 Å². The Morgan fingerprint density at radius 3 is 2.33 bits per heavy atom. The van der Waals surface area contributed by atoms with Crippen LogP contribution in [0.15, 0.2) is 34.7 Å². The molecule has 0 amide bonds. The summed E-state index contributed by atoms with van der Waals surface area (Å²) in [6, 6.07) is 7.06. The largest absolute Gasteiger partial charge is 0.487 e. The summed E-state index contributed by atoms with van der Waals surface area (Å²) in [6.45, 7) is 1.68. The van der Waals surface area contributed by atoms with Crippen LogP contribution in [0.3, 0.4) is 0 Å². The monoisotopic (exact) mass is 527 g/mol. The molecule has 36 heavy (non-hydrogen) atoms. The average molecular weight is 528 g/mol. The van der Waals surface area contributed by atoms with Gasteiger partial charge in [-0.15, -0.1) is 0 Å². The van der Waals surface area contributed by atoms with E-state index in [9.17, 15) is 26.4 Å². The molecule has 1 N–H and O–H groups in total. The maximum Gasteiger partial charge on any atom is 0.318 e. The van der Waals surface area contributed by atoms with Crippen LogP contribution in [0.4, 0.5) is 13.2 Å². The maximum absolute atomic E-state index is 14.3. The quantitative estimate of drug-likeness (QED) is 0.401. The molecule has 9 nitrogen and oxygen atoms in total. The Balaban J connectivity index is 1.72. The summed E-state index contributed by atoms with van der Waals surface area (Å²) in [5.41, 5.74) is -0.0998. The third-order valence-electron chi connectivity index (χ3n) is 5.27. The molecule has 0 spiro atoms. The van der Waals surface area contributed by atoms with Crippen LogP contribution < -0.4 is 4.74 Å². The van der Waals surface area contributed by atoms with E-state index in [2.05, 4.69) is 4.98 Å². The molecule has 0 bridgehead atoms. The van der Waals surface area contributed by atoms with Gasteiger partial charge in [0.1, 0.15) is 36.2 Å². The number of nitrogens with zero attached hydrogens (tertiary/aromatic N) is 3. The summed E-state index contributed by atoms with van der Waals surface area (Å²) >= 11 is 0. The number of carboxylic acid groups (broad SMARTS) is 1. The molecule has 194 valence electrons. The number of rotatable bonds is 10. The summed E-state index contributed by atoms with van der Waals surface area (Å²) in [4.78, 5) is 15.2. The molecule has 1 aromatic heterocycles. The van der Waals surface area contributed by atoms with Crippen LogP contribution in [0.25, 0.3) is 11.5 Å². The van der Waals surface area contributed by atoms with Crippen LogP contribution in [0.2, 0.25) is 0 Å². The number of carboxylic acids is 1. The highest BCUT2D eigenvalue weighted by Crippen LogP contribution is 2.29. The van der Waals surface area contributed by atoms with E-state index in [4.69, 9.17) is 14.3 Å². The van der Waals surface area contributed by atoms with E-state index >= 15 is 0 Å². The molecule has 1 heterocycles. The van der Waals surface area contributed by atoms with E-state index in [0.717, 1.165) is 21.6 Å². The zero-order valence-corrected chi connectivity index (χ0v) is 20.7. The molecule has 0 aliphatic rings. The first kappa shape index (κ1) is 27.2. The van der Waals surface area contributed by atoms with Crippen LogP contribution in [0.5, 0.6) is 5.75 Å². The Morgan fingerprint density at radius 2 is 1.75 bits per heavy atom. The Bertz CT molecular complexity index is 1370. The molecule has 13 heteroatoms. The molecular formula is C23H24F3N3O6S. The molecule has 2 aromatic carbocycles. The fourth-order valence-corrected chi connectivity index (χ4v) is 4.21. The van der Waals surface area contributed by atoms with Gasteiger partial charge in [-0.1, -0.05) is 12.1 Å². The molecule has 3 aromatic rings. The van der Waals surface area contributed by atoms with Crippen LogP contribution in [0, 0.1) is 31.3 Å². The van der Waals surface area contributed by atoms with Crippen LogP contribution >= 0.6 is 0 Å². The van der Waals surface area contributed by atoms with Gasteiger partial charge in [0.05, 0.1) is 5.56 Å². The fraction of sp³-hybridized carbons (Fsp3) is 0.304. The highest BCUT2D eigenvalue weighted by molar-refractivity contribution is 7.86. The first-order valence-electron chi connectivity index (χ1n) is 10.5. The number of carbonyl (C=O) groups is 1. The topological polar surface area (TPSA) is 113 Å². The first-order valence-corrected chi connectivity index (χ1v) is 11.9. The second kappa shape index (κ2) is 10.7. The van der Waals surface area contributed by atoms with Crippen molar-refractivity contribution in [1.82, 2.24) is 13.6 Å². The second-order valence-corrected chi connectivity index (χ2v) is 10.2. The Morgan fingerprint density at radius 1 is 1.11 bits per heavy atom. The van der Waals surface area contributed by atoms with E-state index in [1.165, 1.54) is 14.1 Å². The smallest absolute Gasteiger partial charge is 0.318 e. The summed E-state index contributed by atoms with van der Waals surface area (Å²) in [7, 11) is -1.35. The lowest BCUT2D eigenvalue weighted by atomic mass is 10.1. The van der Waals surface area contributed by atoms with Gasteiger partial charge in [-0.3, -0.25) is 4.79 Å². The van der Waals surface area contributed by atoms with E-state index in [1.54, 1.807) is 31.2 Å². The zero-order chi connectivity index (χ0) is 26.8. The Kier molecular flexibility index (Phi) is 8.06. The molecule has 0 saturated carbocycles. The van der Waals surface area contributed by atoms with Crippen molar-refractivity contribution in [3.05, 3.63) is 70.4 Å². The zero-order valence-electron chi connectivity index (χ0n) is 19.9. The van der Waals surface area contributed by atoms with E-state index in [0.29, 0.717) is 11.3 Å². The van der Waals surface area contributed by atoms with Crippen molar-refractivity contribution in [1.29, 1.82) is 0 Å². The van der Waals surface area contributed by atoms with E-state index in [-0.39, 0.29) is 30.5 Å². The van der Waals surface area contributed by atoms with Crippen molar-refractivity contribution >= 4 is 16.2 Å². The predicted molar refractivity (Wildman–Crippen MR) is 123 cm³/mol. The molecular weight excluding hydrogens is 503 g/mol. The minimum atomic E-state index is -3.96. The van der Waals surface area contributed by atoms with Gasteiger partial charge in [-0.2, -0.15) is 17.0 Å². The van der Waals surface area contributed by atoms with Gasteiger partial charge in [0.25, 0.3) is 10.2 Å². The normalized spacial score (nSPS) is 11.9. The molecule has 3 rings (SSSR count). The van der Waals surface area contributed by atoms with Gasteiger partial charge in [-0.05, 0) is 37.6 Å². The summed E-state index contributed by atoms with van der Waals surface area (Å²) in [5.74, 6) is -4.47. The van der Waals surface area contributed by atoms with Crippen molar-refractivity contribution in [3.63, 3.8) is 0 Å². The van der Waals surface area contributed by atoms with Gasteiger partial charge >= 0.3 is 5.97 Å². The molecule has 0 unspecified atom stereocenters. The lowest BCUT2D eigenvalue weighted by Gasteiger charge is -2.24. The van der Waals surface area contributed by atoms with Crippen LogP contribution in [0.1, 0.15) is 22.6 Å². The molecule has 0 radical (unpaired) electrons. The number of hydrogen-bond donors (Lipinski definition) is 1. The molecule has 0 fully saturated rings. The number of aromatic nitrogens is 1. The van der Waals surface area contributed by atoms with Crippen molar-refractivity contribution in [3.8, 4) is 17.2 Å².